The Hall–Kier alpha value is -2.47. The zero-order valence-electron chi connectivity index (χ0n) is 11.1. The van der Waals surface area contributed by atoms with Crippen molar-refractivity contribution in [3.05, 3.63) is 54.4 Å². The highest BCUT2D eigenvalue weighted by Crippen LogP contribution is 2.28. The van der Waals surface area contributed by atoms with Crippen molar-refractivity contribution in [2.24, 2.45) is 0 Å². The molecule has 0 bridgehead atoms. The number of phenolic OH excluding ortho intramolecular Hbond substituents is 1. The first-order chi connectivity index (χ1) is 10.2. The Balaban J connectivity index is 1.72. The predicted octanol–water partition coefficient (Wildman–Crippen LogP) is 3.32. The lowest BCUT2D eigenvalue weighted by Crippen LogP contribution is -1.87. The van der Waals surface area contributed by atoms with Crippen molar-refractivity contribution in [1.29, 1.82) is 0 Å². The molecule has 0 saturated heterocycles. The number of hydrogen-bond donors (Lipinski definition) is 2. The number of rotatable bonds is 4. The Kier molecular flexibility index (Phi) is 3.79. The Morgan fingerprint density at radius 2 is 1.95 bits per heavy atom. The number of nitrogens with two attached hydrogens (primary N) is 1. The van der Waals surface area contributed by atoms with Crippen LogP contribution in [0.2, 0.25) is 0 Å². The van der Waals surface area contributed by atoms with Gasteiger partial charge in [-0.15, -0.1) is 11.8 Å². The van der Waals surface area contributed by atoms with Crippen LogP contribution < -0.4 is 5.73 Å². The van der Waals surface area contributed by atoms with Crippen molar-refractivity contribution in [3.8, 4) is 17.2 Å². The van der Waals surface area contributed by atoms with E-state index in [4.69, 9.17) is 10.3 Å². The summed E-state index contributed by atoms with van der Waals surface area (Å²) < 4.78 is 5.21. The Morgan fingerprint density at radius 1 is 1.14 bits per heavy atom. The van der Waals surface area contributed by atoms with E-state index >= 15 is 0 Å². The lowest BCUT2D eigenvalue weighted by molar-refractivity contribution is 0.424. The van der Waals surface area contributed by atoms with E-state index in [-0.39, 0.29) is 5.75 Å². The van der Waals surface area contributed by atoms with Gasteiger partial charge < -0.3 is 15.4 Å². The summed E-state index contributed by atoms with van der Waals surface area (Å²) in [6.45, 7) is 0. The minimum absolute atomic E-state index is 0.00547. The number of hydrogen-bond acceptors (Lipinski definition) is 6. The standard InChI is InChI=1S/C15H13N3O2S/c16-12-7-6-10(8-13(12)19)15-17-14(18-20-15)9-21-11-4-2-1-3-5-11/h1-8,19H,9,16H2. The van der Waals surface area contributed by atoms with Gasteiger partial charge in [0.25, 0.3) is 5.89 Å². The molecule has 0 atom stereocenters. The number of nitrogen functional groups attached to an aromatic ring is 1. The summed E-state index contributed by atoms with van der Waals surface area (Å²) in [6.07, 6.45) is 0. The van der Waals surface area contributed by atoms with Gasteiger partial charge in [0.15, 0.2) is 5.82 Å². The first kappa shape index (κ1) is 13.5. The van der Waals surface area contributed by atoms with E-state index in [1.165, 1.54) is 6.07 Å². The van der Waals surface area contributed by atoms with Gasteiger partial charge in [0.1, 0.15) is 5.75 Å². The maximum atomic E-state index is 9.60. The Bertz CT molecular complexity index is 744. The molecule has 0 aliphatic carbocycles. The third-order valence-corrected chi connectivity index (χ3v) is 3.86. The van der Waals surface area contributed by atoms with Crippen molar-refractivity contribution in [2.45, 2.75) is 10.6 Å². The number of aromatic hydroxyl groups is 1. The van der Waals surface area contributed by atoms with Crippen LogP contribution in [-0.2, 0) is 5.75 Å². The molecule has 0 radical (unpaired) electrons. The smallest absolute Gasteiger partial charge is 0.258 e. The molecule has 0 aliphatic heterocycles. The maximum Gasteiger partial charge on any atom is 0.258 e. The predicted molar refractivity (Wildman–Crippen MR) is 81.8 cm³/mol. The number of phenols is 1. The molecule has 21 heavy (non-hydrogen) atoms. The van der Waals surface area contributed by atoms with Crippen LogP contribution in [0.1, 0.15) is 5.82 Å². The highest BCUT2D eigenvalue weighted by Gasteiger charge is 2.10. The van der Waals surface area contributed by atoms with Gasteiger partial charge in [-0.3, -0.25) is 0 Å². The molecule has 5 nitrogen and oxygen atoms in total. The minimum Gasteiger partial charge on any atom is -0.506 e. The van der Waals surface area contributed by atoms with Crippen LogP contribution in [0.25, 0.3) is 11.5 Å². The topological polar surface area (TPSA) is 85.2 Å². The fraction of sp³-hybridized carbons (Fsp3) is 0.0667. The second-order valence-corrected chi connectivity index (χ2v) is 5.44. The van der Waals surface area contributed by atoms with Crippen LogP contribution in [0.4, 0.5) is 5.69 Å². The normalized spacial score (nSPS) is 10.7. The summed E-state index contributed by atoms with van der Waals surface area (Å²) in [7, 11) is 0. The van der Waals surface area contributed by atoms with E-state index in [0.29, 0.717) is 28.7 Å². The van der Waals surface area contributed by atoms with Gasteiger partial charge in [-0.05, 0) is 30.3 Å². The number of anilines is 1. The van der Waals surface area contributed by atoms with Crippen molar-refractivity contribution in [1.82, 2.24) is 10.1 Å². The molecule has 3 N–H and O–H groups in total. The van der Waals surface area contributed by atoms with Crippen LogP contribution in [0.3, 0.4) is 0 Å². The van der Waals surface area contributed by atoms with E-state index in [2.05, 4.69) is 10.1 Å². The van der Waals surface area contributed by atoms with Gasteiger partial charge in [0.05, 0.1) is 11.4 Å². The highest BCUT2D eigenvalue weighted by atomic mass is 32.2. The summed E-state index contributed by atoms with van der Waals surface area (Å²) in [5.41, 5.74) is 6.53. The quantitative estimate of drug-likeness (QED) is 0.437. The van der Waals surface area contributed by atoms with Gasteiger partial charge in [-0.1, -0.05) is 23.4 Å². The van der Waals surface area contributed by atoms with E-state index in [1.807, 2.05) is 30.3 Å². The SMILES string of the molecule is Nc1ccc(-c2nc(CSc3ccccc3)no2)cc1O. The zero-order chi connectivity index (χ0) is 14.7. The van der Waals surface area contributed by atoms with Crippen molar-refractivity contribution >= 4 is 17.4 Å². The molecule has 0 unspecified atom stereocenters. The van der Waals surface area contributed by atoms with E-state index < -0.39 is 0 Å². The molecule has 2 aromatic carbocycles. The van der Waals surface area contributed by atoms with Crippen LogP contribution >= 0.6 is 11.8 Å². The van der Waals surface area contributed by atoms with E-state index in [0.717, 1.165) is 4.90 Å². The van der Waals surface area contributed by atoms with E-state index in [1.54, 1.807) is 23.9 Å². The van der Waals surface area contributed by atoms with Crippen LogP contribution in [0.5, 0.6) is 5.75 Å². The molecule has 3 aromatic rings. The molecule has 106 valence electrons. The Labute approximate surface area is 125 Å². The van der Waals surface area contributed by atoms with Crippen LogP contribution in [0, 0.1) is 0 Å². The molecular formula is C15H13N3O2S. The molecule has 1 heterocycles. The van der Waals surface area contributed by atoms with Gasteiger partial charge in [0, 0.05) is 10.5 Å². The monoisotopic (exact) mass is 299 g/mol. The summed E-state index contributed by atoms with van der Waals surface area (Å²) in [6, 6.07) is 14.9. The molecular weight excluding hydrogens is 286 g/mol. The summed E-state index contributed by atoms with van der Waals surface area (Å²) in [4.78, 5) is 5.46. The zero-order valence-corrected chi connectivity index (χ0v) is 11.9. The molecule has 0 saturated carbocycles. The molecule has 0 spiro atoms. The van der Waals surface area contributed by atoms with Crippen LogP contribution in [0.15, 0.2) is 57.9 Å². The number of nitrogens with zero attached hydrogens (tertiary/aromatic N) is 2. The number of thioether (sulfide) groups is 1. The molecule has 6 heteroatoms. The van der Waals surface area contributed by atoms with Gasteiger partial charge in [0.2, 0.25) is 0 Å². The van der Waals surface area contributed by atoms with E-state index in [9.17, 15) is 5.11 Å². The lowest BCUT2D eigenvalue weighted by atomic mass is 10.2. The fourth-order valence-corrected chi connectivity index (χ4v) is 2.53. The molecule has 0 amide bonds. The molecule has 1 aromatic heterocycles. The van der Waals surface area contributed by atoms with Gasteiger partial charge in [-0.2, -0.15) is 4.98 Å². The molecule has 0 fully saturated rings. The summed E-state index contributed by atoms with van der Waals surface area (Å²) in [5.74, 6) is 1.60. The lowest BCUT2D eigenvalue weighted by Gasteiger charge is -1.99. The third kappa shape index (κ3) is 3.17. The minimum atomic E-state index is 0.00547. The van der Waals surface area contributed by atoms with Gasteiger partial charge in [-0.25, -0.2) is 0 Å². The first-order valence-electron chi connectivity index (χ1n) is 6.31. The Morgan fingerprint density at radius 3 is 2.71 bits per heavy atom. The maximum absolute atomic E-state index is 9.60. The van der Waals surface area contributed by atoms with Crippen molar-refractivity contribution < 1.29 is 9.63 Å². The second-order valence-electron chi connectivity index (χ2n) is 4.39. The van der Waals surface area contributed by atoms with Crippen molar-refractivity contribution in [2.75, 3.05) is 5.73 Å². The second kappa shape index (κ2) is 5.88. The van der Waals surface area contributed by atoms with Crippen molar-refractivity contribution in [3.63, 3.8) is 0 Å². The summed E-state index contributed by atoms with van der Waals surface area (Å²) >= 11 is 1.63. The molecule has 0 aliphatic rings. The number of benzene rings is 2. The summed E-state index contributed by atoms with van der Waals surface area (Å²) in [5, 5.41) is 13.5. The van der Waals surface area contributed by atoms with Crippen LogP contribution in [-0.4, -0.2) is 15.2 Å². The molecule has 3 rings (SSSR count). The largest absolute Gasteiger partial charge is 0.506 e. The average molecular weight is 299 g/mol. The first-order valence-corrected chi connectivity index (χ1v) is 7.30. The van der Waals surface area contributed by atoms with Gasteiger partial charge >= 0.3 is 0 Å². The average Bonchev–Trinajstić information content (AvgIpc) is 2.98. The fourth-order valence-electron chi connectivity index (χ4n) is 1.77. The highest BCUT2D eigenvalue weighted by molar-refractivity contribution is 7.98. The number of aromatic nitrogens is 2. The third-order valence-electron chi connectivity index (χ3n) is 2.86.